The molecular formula is C16H19NO. The van der Waals surface area contributed by atoms with Gasteiger partial charge in [-0.05, 0) is 37.1 Å². The molecule has 0 bridgehead atoms. The van der Waals surface area contributed by atoms with Crippen LogP contribution in [0.5, 0.6) is 5.75 Å². The van der Waals surface area contributed by atoms with Gasteiger partial charge in [-0.15, -0.1) is 0 Å². The zero-order valence-electron chi connectivity index (χ0n) is 10.7. The molecule has 2 nitrogen and oxygen atoms in total. The number of anilines is 1. The molecule has 0 aliphatic carbocycles. The first-order valence-electron chi connectivity index (χ1n) is 6.33. The van der Waals surface area contributed by atoms with E-state index in [-0.39, 0.29) is 0 Å². The summed E-state index contributed by atoms with van der Waals surface area (Å²) in [5.41, 5.74) is 2.48. The highest BCUT2D eigenvalue weighted by atomic mass is 16.5. The summed E-state index contributed by atoms with van der Waals surface area (Å²) in [4.78, 5) is 0. The van der Waals surface area contributed by atoms with Gasteiger partial charge in [0.2, 0.25) is 0 Å². The van der Waals surface area contributed by atoms with E-state index in [1.54, 1.807) is 0 Å². The number of ether oxygens (including phenoxy) is 1. The van der Waals surface area contributed by atoms with Crippen LogP contribution in [0.1, 0.15) is 12.0 Å². The quantitative estimate of drug-likeness (QED) is 0.775. The predicted octanol–water partition coefficient (Wildman–Crippen LogP) is 3.88. The smallest absolute Gasteiger partial charge is 0.119 e. The van der Waals surface area contributed by atoms with E-state index in [2.05, 4.69) is 36.5 Å². The SMILES string of the molecule is Cc1ccccc1NCCCOc1ccccc1. The lowest BCUT2D eigenvalue weighted by molar-refractivity contribution is 0.315. The Morgan fingerprint density at radius 2 is 1.67 bits per heavy atom. The molecule has 94 valence electrons. The van der Waals surface area contributed by atoms with Crippen LogP contribution in [0.15, 0.2) is 54.6 Å². The Bertz CT molecular complexity index is 468. The molecule has 2 rings (SSSR count). The van der Waals surface area contributed by atoms with E-state index in [1.807, 2.05) is 30.3 Å². The van der Waals surface area contributed by atoms with Crippen molar-refractivity contribution >= 4 is 5.69 Å². The largest absolute Gasteiger partial charge is 0.494 e. The van der Waals surface area contributed by atoms with Crippen LogP contribution in [-0.4, -0.2) is 13.2 Å². The van der Waals surface area contributed by atoms with Crippen molar-refractivity contribution in [3.8, 4) is 5.75 Å². The molecule has 0 unspecified atom stereocenters. The van der Waals surface area contributed by atoms with E-state index in [4.69, 9.17) is 4.74 Å². The molecule has 0 heterocycles. The Morgan fingerprint density at radius 3 is 2.44 bits per heavy atom. The molecule has 0 amide bonds. The normalized spacial score (nSPS) is 10.1. The first kappa shape index (κ1) is 12.5. The first-order valence-corrected chi connectivity index (χ1v) is 6.33. The summed E-state index contributed by atoms with van der Waals surface area (Å²) in [5, 5.41) is 3.42. The van der Waals surface area contributed by atoms with E-state index in [0.717, 1.165) is 25.3 Å². The van der Waals surface area contributed by atoms with Gasteiger partial charge in [0.05, 0.1) is 6.61 Å². The Balaban J connectivity index is 1.66. The van der Waals surface area contributed by atoms with Gasteiger partial charge in [0, 0.05) is 12.2 Å². The number of hydrogen-bond acceptors (Lipinski definition) is 2. The fraction of sp³-hybridized carbons (Fsp3) is 0.250. The number of para-hydroxylation sites is 2. The minimum absolute atomic E-state index is 0.739. The average molecular weight is 241 g/mol. The second-order valence-corrected chi connectivity index (χ2v) is 4.26. The molecule has 18 heavy (non-hydrogen) atoms. The molecule has 2 heteroatoms. The van der Waals surface area contributed by atoms with E-state index in [0.29, 0.717) is 0 Å². The van der Waals surface area contributed by atoms with Crippen LogP contribution < -0.4 is 10.1 Å². The van der Waals surface area contributed by atoms with E-state index < -0.39 is 0 Å². The summed E-state index contributed by atoms with van der Waals surface area (Å²) in [6.45, 7) is 3.78. The van der Waals surface area contributed by atoms with Gasteiger partial charge in [-0.25, -0.2) is 0 Å². The van der Waals surface area contributed by atoms with Crippen LogP contribution in [0.25, 0.3) is 0 Å². The van der Waals surface area contributed by atoms with Crippen LogP contribution in [0.4, 0.5) is 5.69 Å². The molecule has 0 aliphatic heterocycles. The monoisotopic (exact) mass is 241 g/mol. The maximum Gasteiger partial charge on any atom is 0.119 e. The van der Waals surface area contributed by atoms with Gasteiger partial charge in [0.1, 0.15) is 5.75 Å². The molecule has 1 N–H and O–H groups in total. The van der Waals surface area contributed by atoms with Crippen molar-refractivity contribution in [2.24, 2.45) is 0 Å². The fourth-order valence-corrected chi connectivity index (χ4v) is 1.77. The van der Waals surface area contributed by atoms with Crippen LogP contribution in [-0.2, 0) is 0 Å². The van der Waals surface area contributed by atoms with Gasteiger partial charge < -0.3 is 10.1 Å². The molecule has 0 fully saturated rings. The lowest BCUT2D eigenvalue weighted by Crippen LogP contribution is -2.07. The van der Waals surface area contributed by atoms with E-state index in [9.17, 15) is 0 Å². The zero-order chi connectivity index (χ0) is 12.6. The lowest BCUT2D eigenvalue weighted by atomic mass is 10.2. The van der Waals surface area contributed by atoms with E-state index in [1.165, 1.54) is 11.3 Å². The summed E-state index contributed by atoms with van der Waals surface area (Å²) in [7, 11) is 0. The number of aryl methyl sites for hydroxylation is 1. The predicted molar refractivity (Wildman–Crippen MR) is 76.2 cm³/mol. The van der Waals surface area contributed by atoms with Gasteiger partial charge in [-0.1, -0.05) is 36.4 Å². The van der Waals surface area contributed by atoms with Crippen molar-refractivity contribution in [2.45, 2.75) is 13.3 Å². The maximum atomic E-state index is 5.63. The Kier molecular flexibility index (Phi) is 4.65. The highest BCUT2D eigenvalue weighted by molar-refractivity contribution is 5.50. The minimum atomic E-state index is 0.739. The van der Waals surface area contributed by atoms with Crippen LogP contribution in [0.3, 0.4) is 0 Å². The lowest BCUT2D eigenvalue weighted by Gasteiger charge is -2.10. The van der Waals surface area contributed by atoms with Crippen molar-refractivity contribution in [2.75, 3.05) is 18.5 Å². The highest BCUT2D eigenvalue weighted by Crippen LogP contribution is 2.13. The Morgan fingerprint density at radius 1 is 0.944 bits per heavy atom. The number of nitrogens with one attached hydrogen (secondary N) is 1. The minimum Gasteiger partial charge on any atom is -0.494 e. The number of rotatable bonds is 6. The maximum absolute atomic E-state index is 5.63. The summed E-state index contributed by atoms with van der Waals surface area (Å²) < 4.78 is 5.63. The molecular weight excluding hydrogens is 222 g/mol. The molecule has 0 aliphatic rings. The van der Waals surface area contributed by atoms with Crippen molar-refractivity contribution in [3.63, 3.8) is 0 Å². The fourth-order valence-electron chi connectivity index (χ4n) is 1.77. The average Bonchev–Trinajstić information content (AvgIpc) is 2.42. The summed E-state index contributed by atoms with van der Waals surface area (Å²) in [5.74, 6) is 0.938. The third kappa shape index (κ3) is 3.81. The second-order valence-electron chi connectivity index (χ2n) is 4.26. The third-order valence-electron chi connectivity index (χ3n) is 2.79. The van der Waals surface area contributed by atoms with Crippen molar-refractivity contribution in [3.05, 3.63) is 60.2 Å². The summed E-state index contributed by atoms with van der Waals surface area (Å²) in [6.07, 6.45) is 0.989. The van der Waals surface area contributed by atoms with Crippen molar-refractivity contribution in [1.82, 2.24) is 0 Å². The standard InChI is InChI=1S/C16H19NO/c1-14-8-5-6-11-16(14)17-12-7-13-18-15-9-3-2-4-10-15/h2-6,8-11,17H,7,12-13H2,1H3. The van der Waals surface area contributed by atoms with Crippen LogP contribution in [0.2, 0.25) is 0 Å². The molecule has 0 aromatic heterocycles. The molecule has 0 atom stereocenters. The zero-order valence-corrected chi connectivity index (χ0v) is 10.7. The van der Waals surface area contributed by atoms with Crippen molar-refractivity contribution in [1.29, 1.82) is 0 Å². The number of hydrogen-bond donors (Lipinski definition) is 1. The van der Waals surface area contributed by atoms with Gasteiger partial charge >= 0.3 is 0 Å². The van der Waals surface area contributed by atoms with Gasteiger partial charge in [0.15, 0.2) is 0 Å². The van der Waals surface area contributed by atoms with Gasteiger partial charge in [-0.3, -0.25) is 0 Å². The molecule has 0 radical (unpaired) electrons. The first-order chi connectivity index (χ1) is 8.86. The molecule has 2 aromatic carbocycles. The van der Waals surface area contributed by atoms with Crippen LogP contribution >= 0.6 is 0 Å². The van der Waals surface area contributed by atoms with Crippen molar-refractivity contribution < 1.29 is 4.74 Å². The third-order valence-corrected chi connectivity index (χ3v) is 2.79. The van der Waals surface area contributed by atoms with Gasteiger partial charge in [-0.2, -0.15) is 0 Å². The van der Waals surface area contributed by atoms with Crippen LogP contribution in [0, 0.1) is 6.92 Å². The molecule has 0 spiro atoms. The number of benzene rings is 2. The molecule has 2 aromatic rings. The van der Waals surface area contributed by atoms with Gasteiger partial charge in [0.25, 0.3) is 0 Å². The summed E-state index contributed by atoms with van der Waals surface area (Å²) in [6, 6.07) is 18.3. The highest BCUT2D eigenvalue weighted by Gasteiger charge is 1.95. The van der Waals surface area contributed by atoms with E-state index >= 15 is 0 Å². The molecule has 0 saturated heterocycles. The topological polar surface area (TPSA) is 21.3 Å². The second kappa shape index (κ2) is 6.70. The Labute approximate surface area is 109 Å². The summed E-state index contributed by atoms with van der Waals surface area (Å²) >= 11 is 0. The molecule has 0 saturated carbocycles. The Hall–Kier alpha value is -1.96.